The standard InChI is InChI=1S/C25H31FN/c1-5-8-10-19-13-14-22-21(15-19)23-12-9-11-20(17-26)27(23)24(6-2)16-18(4)25(22,24)7-3/h9,11-15H,4-8,10,16-17H2,1-3H3/q+1. The number of hydrogen-bond acceptors (Lipinski definition) is 0. The van der Waals surface area contributed by atoms with E-state index in [-0.39, 0.29) is 11.0 Å². The molecule has 2 heteroatoms. The van der Waals surface area contributed by atoms with Crippen LogP contribution < -0.4 is 4.57 Å². The highest BCUT2D eigenvalue weighted by Crippen LogP contribution is 2.64. The van der Waals surface area contributed by atoms with Gasteiger partial charge in [0.05, 0.1) is 11.0 Å². The van der Waals surface area contributed by atoms with Crippen molar-refractivity contribution < 1.29 is 8.96 Å². The zero-order chi connectivity index (χ0) is 19.2. The van der Waals surface area contributed by atoms with Gasteiger partial charge >= 0.3 is 0 Å². The van der Waals surface area contributed by atoms with Gasteiger partial charge < -0.3 is 0 Å². The summed E-state index contributed by atoms with van der Waals surface area (Å²) >= 11 is 0. The summed E-state index contributed by atoms with van der Waals surface area (Å²) in [7, 11) is 0. The van der Waals surface area contributed by atoms with Crippen LogP contribution in [0.25, 0.3) is 11.3 Å². The number of pyridine rings is 1. The first-order valence-corrected chi connectivity index (χ1v) is 10.5. The molecule has 1 aromatic carbocycles. The molecule has 2 heterocycles. The van der Waals surface area contributed by atoms with Crippen molar-refractivity contribution in [2.24, 2.45) is 0 Å². The molecule has 1 aliphatic carbocycles. The number of halogens is 1. The smallest absolute Gasteiger partial charge is 0.213 e. The third-order valence-electron chi connectivity index (χ3n) is 7.29. The van der Waals surface area contributed by atoms with Crippen molar-refractivity contribution in [1.82, 2.24) is 0 Å². The predicted octanol–water partition coefficient (Wildman–Crippen LogP) is 6.18. The SMILES string of the molecule is C=C1CC2(CC)[n+]3c(CF)cccc3-c3cc(CCCC)ccc3C12CC. The summed E-state index contributed by atoms with van der Waals surface area (Å²) in [5.41, 5.74) is 7.18. The Morgan fingerprint density at radius 3 is 2.56 bits per heavy atom. The molecule has 2 unspecified atom stereocenters. The Bertz CT molecular complexity index is 899. The van der Waals surface area contributed by atoms with Gasteiger partial charge in [-0.2, -0.15) is 4.57 Å². The van der Waals surface area contributed by atoms with Gasteiger partial charge in [-0.15, -0.1) is 0 Å². The Kier molecular flexibility index (Phi) is 4.49. The molecule has 27 heavy (non-hydrogen) atoms. The minimum Gasteiger partial charge on any atom is -0.239 e. The van der Waals surface area contributed by atoms with E-state index >= 15 is 0 Å². The van der Waals surface area contributed by atoms with Gasteiger partial charge in [-0.1, -0.05) is 51.5 Å². The average Bonchev–Trinajstić information content (AvgIpc) is 2.70. The number of hydrogen-bond donors (Lipinski definition) is 0. The Labute approximate surface area is 162 Å². The maximum absolute atomic E-state index is 14.0. The molecule has 0 N–H and O–H groups in total. The van der Waals surface area contributed by atoms with Gasteiger partial charge in [0.25, 0.3) is 0 Å². The number of nitrogens with zero attached hydrogens (tertiary/aromatic N) is 1. The number of benzene rings is 1. The predicted molar refractivity (Wildman–Crippen MR) is 109 cm³/mol. The molecule has 0 saturated heterocycles. The molecule has 0 bridgehead atoms. The van der Waals surface area contributed by atoms with E-state index in [4.69, 9.17) is 0 Å². The van der Waals surface area contributed by atoms with Crippen LogP contribution in [0, 0.1) is 0 Å². The molecular weight excluding hydrogens is 333 g/mol. The van der Waals surface area contributed by atoms with E-state index < -0.39 is 6.67 Å². The van der Waals surface area contributed by atoms with Crippen LogP contribution in [0.1, 0.15) is 69.7 Å². The van der Waals surface area contributed by atoms with Gasteiger partial charge in [-0.05, 0) is 42.5 Å². The Morgan fingerprint density at radius 2 is 1.93 bits per heavy atom. The summed E-state index contributed by atoms with van der Waals surface area (Å²) in [5.74, 6) is 0. The maximum atomic E-state index is 14.0. The fourth-order valence-electron chi connectivity index (χ4n) is 6.03. The van der Waals surface area contributed by atoms with Gasteiger partial charge in [0.15, 0.2) is 12.2 Å². The molecule has 0 spiro atoms. The molecule has 1 fully saturated rings. The monoisotopic (exact) mass is 364 g/mol. The minimum atomic E-state index is -0.424. The first kappa shape index (κ1) is 18.4. The highest BCUT2D eigenvalue weighted by atomic mass is 19.1. The van der Waals surface area contributed by atoms with Gasteiger partial charge in [-0.25, -0.2) is 4.39 Å². The lowest BCUT2D eigenvalue weighted by Gasteiger charge is -2.59. The van der Waals surface area contributed by atoms with Crippen LogP contribution in [0.3, 0.4) is 0 Å². The minimum absolute atomic E-state index is 0.0800. The van der Waals surface area contributed by atoms with E-state index in [9.17, 15) is 4.39 Å². The Balaban J connectivity index is 2.04. The van der Waals surface area contributed by atoms with E-state index in [0.717, 1.165) is 31.4 Å². The molecule has 4 rings (SSSR count). The molecule has 1 aromatic heterocycles. The van der Waals surface area contributed by atoms with Crippen LogP contribution in [-0.2, 0) is 24.0 Å². The summed E-state index contributed by atoms with van der Waals surface area (Å²) in [6, 6.07) is 13.2. The van der Waals surface area contributed by atoms with E-state index in [1.54, 1.807) is 0 Å². The number of aromatic nitrogens is 1. The quantitative estimate of drug-likeness (QED) is 0.426. The number of aryl methyl sites for hydroxylation is 1. The van der Waals surface area contributed by atoms with E-state index in [1.165, 1.54) is 40.8 Å². The molecule has 2 aliphatic rings. The second-order valence-electron chi connectivity index (χ2n) is 8.28. The van der Waals surface area contributed by atoms with E-state index in [0.29, 0.717) is 0 Å². The van der Waals surface area contributed by atoms with Crippen molar-refractivity contribution in [3.8, 4) is 11.3 Å². The maximum Gasteiger partial charge on any atom is 0.213 e. The lowest BCUT2D eigenvalue weighted by molar-refractivity contribution is -0.783. The van der Waals surface area contributed by atoms with Crippen LogP contribution in [0.15, 0.2) is 48.6 Å². The van der Waals surface area contributed by atoms with Crippen molar-refractivity contribution >= 4 is 0 Å². The molecule has 142 valence electrons. The molecular formula is C25H31FN+. The van der Waals surface area contributed by atoms with Gasteiger partial charge in [0, 0.05) is 25.0 Å². The molecule has 0 radical (unpaired) electrons. The summed E-state index contributed by atoms with van der Waals surface area (Å²) in [5, 5.41) is 0. The molecule has 1 nitrogen and oxygen atoms in total. The van der Waals surface area contributed by atoms with Gasteiger partial charge in [-0.3, -0.25) is 0 Å². The average molecular weight is 365 g/mol. The van der Waals surface area contributed by atoms with Gasteiger partial charge in [0.1, 0.15) is 0 Å². The Hall–Kier alpha value is -1.96. The second-order valence-corrected chi connectivity index (χ2v) is 8.28. The van der Waals surface area contributed by atoms with Gasteiger partial charge in [0.2, 0.25) is 11.4 Å². The van der Waals surface area contributed by atoms with Crippen LogP contribution in [0.2, 0.25) is 0 Å². The third kappa shape index (κ3) is 2.19. The van der Waals surface area contributed by atoms with Crippen molar-refractivity contribution in [2.45, 2.75) is 76.9 Å². The highest BCUT2D eigenvalue weighted by Gasteiger charge is 2.71. The van der Waals surface area contributed by atoms with E-state index in [2.05, 4.69) is 56.2 Å². The summed E-state index contributed by atoms with van der Waals surface area (Å²) in [6.07, 6.45) is 6.45. The summed E-state index contributed by atoms with van der Waals surface area (Å²) in [4.78, 5) is 0. The van der Waals surface area contributed by atoms with Crippen LogP contribution in [-0.4, -0.2) is 0 Å². The van der Waals surface area contributed by atoms with Crippen molar-refractivity contribution in [1.29, 1.82) is 0 Å². The zero-order valence-electron chi connectivity index (χ0n) is 16.9. The fourth-order valence-corrected chi connectivity index (χ4v) is 6.03. The third-order valence-corrected chi connectivity index (χ3v) is 7.29. The second kappa shape index (κ2) is 6.58. The first-order valence-electron chi connectivity index (χ1n) is 10.5. The van der Waals surface area contributed by atoms with Crippen LogP contribution in [0.5, 0.6) is 0 Å². The summed E-state index contributed by atoms with van der Waals surface area (Å²) in [6.45, 7) is 10.8. The molecule has 1 saturated carbocycles. The van der Waals surface area contributed by atoms with E-state index in [1.807, 2.05) is 12.1 Å². The lowest BCUT2D eigenvalue weighted by atomic mass is 9.44. The molecule has 2 atom stereocenters. The topological polar surface area (TPSA) is 3.88 Å². The van der Waals surface area contributed by atoms with Crippen molar-refractivity contribution in [3.63, 3.8) is 0 Å². The number of unbranched alkanes of at least 4 members (excludes halogenated alkanes) is 1. The lowest BCUT2D eigenvalue weighted by Crippen LogP contribution is -2.77. The number of allylic oxidation sites excluding steroid dienone is 1. The fraction of sp³-hybridized carbons (Fsp3) is 0.480. The van der Waals surface area contributed by atoms with Crippen molar-refractivity contribution in [2.75, 3.05) is 0 Å². The number of fused-ring (bicyclic) bond motifs is 6. The van der Waals surface area contributed by atoms with Crippen LogP contribution >= 0.6 is 0 Å². The number of alkyl halides is 1. The number of rotatable bonds is 6. The molecule has 2 aromatic rings. The summed E-state index contributed by atoms with van der Waals surface area (Å²) < 4.78 is 16.4. The first-order chi connectivity index (χ1) is 13.1. The highest BCUT2D eigenvalue weighted by molar-refractivity contribution is 5.70. The van der Waals surface area contributed by atoms with Crippen LogP contribution in [0.4, 0.5) is 4.39 Å². The largest absolute Gasteiger partial charge is 0.239 e. The Morgan fingerprint density at radius 1 is 1.11 bits per heavy atom. The van der Waals surface area contributed by atoms with Crippen molar-refractivity contribution in [3.05, 3.63) is 65.4 Å². The molecule has 1 aliphatic heterocycles. The normalized spacial score (nSPS) is 25.4. The zero-order valence-corrected chi connectivity index (χ0v) is 16.9. The molecule has 0 amide bonds.